The largest absolute Gasteiger partial charge is 0.382 e. The van der Waals surface area contributed by atoms with Crippen molar-refractivity contribution in [2.75, 3.05) is 0 Å². The van der Waals surface area contributed by atoms with Crippen molar-refractivity contribution in [2.24, 2.45) is 4.99 Å². The lowest BCUT2D eigenvalue weighted by atomic mass is 10.1. The molecule has 4 heteroatoms. The first kappa shape index (κ1) is 14.3. The summed E-state index contributed by atoms with van der Waals surface area (Å²) in [5.74, 6) is 0. The van der Waals surface area contributed by atoms with Gasteiger partial charge in [-0.15, -0.1) is 0 Å². The minimum absolute atomic E-state index is 0.434. The number of nitrogens with one attached hydrogen (secondary N) is 3. The van der Waals surface area contributed by atoms with Crippen LogP contribution >= 0.6 is 0 Å². The molecule has 24 heavy (non-hydrogen) atoms. The van der Waals surface area contributed by atoms with Crippen molar-refractivity contribution in [1.29, 1.82) is 0 Å². The minimum Gasteiger partial charge on any atom is -0.382 e. The van der Waals surface area contributed by atoms with Crippen LogP contribution in [0.3, 0.4) is 0 Å². The molecule has 3 atom stereocenters. The molecule has 8 bridgehead atoms. The molecule has 0 amide bonds. The van der Waals surface area contributed by atoms with E-state index in [1.54, 1.807) is 0 Å². The maximum absolute atomic E-state index is 4.76. The molecule has 0 saturated carbocycles. The number of allylic oxidation sites excluding steroid dienone is 6. The molecule has 3 fully saturated rings. The van der Waals surface area contributed by atoms with Crippen LogP contribution in [0.15, 0.2) is 64.2 Å². The van der Waals surface area contributed by atoms with Crippen LogP contribution in [0.5, 0.6) is 0 Å². The Morgan fingerprint density at radius 1 is 0.792 bits per heavy atom. The van der Waals surface area contributed by atoms with Gasteiger partial charge in [-0.05, 0) is 75.0 Å². The van der Waals surface area contributed by atoms with E-state index in [9.17, 15) is 0 Å². The standard InChI is InChI=1S/C20H24N4/c1-2-14-10-16-5-6-18(23-16)12-20-8-7-19(24-20)11-17-4-3-15(22-17)9-13(1)21-14/h1-2,9-12,15,17,20,22-24H,3-8H2. The Kier molecular flexibility index (Phi) is 3.44. The summed E-state index contributed by atoms with van der Waals surface area (Å²) in [4.78, 5) is 4.76. The van der Waals surface area contributed by atoms with Crippen molar-refractivity contribution in [3.05, 3.63) is 59.2 Å². The summed E-state index contributed by atoms with van der Waals surface area (Å²) in [5, 5.41) is 11.0. The van der Waals surface area contributed by atoms with Gasteiger partial charge in [-0.2, -0.15) is 0 Å². The average molecular weight is 320 g/mol. The van der Waals surface area contributed by atoms with Gasteiger partial charge in [0.1, 0.15) is 0 Å². The maximum atomic E-state index is 4.76. The monoisotopic (exact) mass is 320 g/mol. The highest BCUT2D eigenvalue weighted by Gasteiger charge is 2.25. The molecule has 0 aliphatic carbocycles. The molecular weight excluding hydrogens is 296 g/mol. The summed E-state index contributed by atoms with van der Waals surface area (Å²) in [6.07, 6.45) is 20.5. The third-order valence-electron chi connectivity index (χ3n) is 5.48. The molecule has 0 spiro atoms. The summed E-state index contributed by atoms with van der Waals surface area (Å²) >= 11 is 0. The molecule has 0 radical (unpaired) electrons. The van der Waals surface area contributed by atoms with Crippen molar-refractivity contribution >= 4 is 5.71 Å². The predicted octanol–water partition coefficient (Wildman–Crippen LogP) is 2.80. The number of fused-ring (bicyclic) bond motifs is 7. The van der Waals surface area contributed by atoms with Gasteiger partial charge in [-0.25, -0.2) is 4.99 Å². The van der Waals surface area contributed by atoms with Crippen LogP contribution in [0.25, 0.3) is 0 Å². The Bertz CT molecular complexity index is 735. The maximum Gasteiger partial charge on any atom is 0.0654 e. The van der Waals surface area contributed by atoms with Gasteiger partial charge in [0.25, 0.3) is 0 Å². The van der Waals surface area contributed by atoms with Gasteiger partial charge in [0.15, 0.2) is 0 Å². The molecule has 124 valence electrons. The lowest BCUT2D eigenvalue weighted by molar-refractivity contribution is 0.660. The van der Waals surface area contributed by atoms with Gasteiger partial charge in [0, 0.05) is 35.2 Å². The number of rotatable bonds is 0. The molecule has 3 unspecified atom stereocenters. The first-order valence-corrected chi connectivity index (χ1v) is 9.20. The number of hydrogen-bond donors (Lipinski definition) is 3. The molecule has 5 rings (SSSR count). The smallest absolute Gasteiger partial charge is 0.0654 e. The fourth-order valence-corrected chi connectivity index (χ4v) is 4.29. The molecular formula is C20H24N4. The SMILES string of the molecule is C1=CC2=NC1=CC1CCC(C=C3CCC(C=C4CCC(=C2)N4)N3)N1. The van der Waals surface area contributed by atoms with E-state index >= 15 is 0 Å². The number of hydrogen-bond acceptors (Lipinski definition) is 4. The molecule has 0 aromatic rings. The van der Waals surface area contributed by atoms with Crippen molar-refractivity contribution in [3.8, 4) is 0 Å². The highest BCUT2D eigenvalue weighted by atomic mass is 15.0. The first-order valence-electron chi connectivity index (χ1n) is 9.20. The molecule has 5 aliphatic heterocycles. The van der Waals surface area contributed by atoms with Gasteiger partial charge >= 0.3 is 0 Å². The predicted molar refractivity (Wildman–Crippen MR) is 97.4 cm³/mol. The van der Waals surface area contributed by atoms with Gasteiger partial charge in [0.05, 0.1) is 11.4 Å². The summed E-state index contributed by atoms with van der Waals surface area (Å²) < 4.78 is 0. The van der Waals surface area contributed by atoms with E-state index in [0.717, 1.165) is 30.7 Å². The van der Waals surface area contributed by atoms with Crippen LogP contribution in [0.1, 0.15) is 38.5 Å². The second kappa shape index (κ2) is 5.78. The van der Waals surface area contributed by atoms with E-state index in [1.165, 1.54) is 36.4 Å². The summed E-state index contributed by atoms with van der Waals surface area (Å²) in [6, 6.07) is 1.39. The molecule has 5 heterocycles. The Labute approximate surface area is 143 Å². The average Bonchev–Trinajstić information content (AvgIpc) is 3.32. The second-order valence-corrected chi connectivity index (χ2v) is 7.39. The molecule has 4 nitrogen and oxygen atoms in total. The minimum atomic E-state index is 0.434. The van der Waals surface area contributed by atoms with E-state index in [-0.39, 0.29) is 0 Å². The molecule has 3 N–H and O–H groups in total. The van der Waals surface area contributed by atoms with Crippen LogP contribution in [0, 0.1) is 0 Å². The van der Waals surface area contributed by atoms with Gasteiger partial charge in [-0.3, -0.25) is 0 Å². The second-order valence-electron chi connectivity index (χ2n) is 7.39. The van der Waals surface area contributed by atoms with E-state index in [1.807, 2.05) is 0 Å². The fraction of sp³-hybridized carbons (Fsp3) is 0.450. The van der Waals surface area contributed by atoms with Gasteiger partial charge < -0.3 is 16.0 Å². The number of nitrogens with zero attached hydrogens (tertiary/aromatic N) is 1. The quantitative estimate of drug-likeness (QED) is 0.643. The first-order chi connectivity index (χ1) is 11.8. The van der Waals surface area contributed by atoms with Crippen LogP contribution in [-0.2, 0) is 0 Å². The molecule has 3 saturated heterocycles. The van der Waals surface area contributed by atoms with E-state index in [0.29, 0.717) is 18.1 Å². The van der Waals surface area contributed by atoms with Crippen LogP contribution in [0.2, 0.25) is 0 Å². The Balaban J connectivity index is 1.49. The lowest BCUT2D eigenvalue weighted by Crippen LogP contribution is -2.28. The van der Waals surface area contributed by atoms with Crippen molar-refractivity contribution in [3.63, 3.8) is 0 Å². The highest BCUT2D eigenvalue weighted by molar-refractivity contribution is 6.07. The molecule has 0 aromatic heterocycles. The Morgan fingerprint density at radius 3 is 2.58 bits per heavy atom. The molecule has 5 aliphatic rings. The third-order valence-corrected chi connectivity index (χ3v) is 5.48. The fourth-order valence-electron chi connectivity index (χ4n) is 4.29. The van der Waals surface area contributed by atoms with E-state index in [4.69, 9.17) is 4.99 Å². The molecule has 0 aromatic carbocycles. The third kappa shape index (κ3) is 2.86. The summed E-state index contributed by atoms with van der Waals surface area (Å²) in [6.45, 7) is 0. The van der Waals surface area contributed by atoms with E-state index < -0.39 is 0 Å². The highest BCUT2D eigenvalue weighted by Crippen LogP contribution is 2.26. The number of aliphatic imine (C=N–C) groups is 1. The van der Waals surface area contributed by atoms with Crippen LogP contribution in [-0.4, -0.2) is 23.8 Å². The lowest BCUT2D eigenvalue weighted by Gasteiger charge is -2.11. The Hall–Kier alpha value is -2.07. The van der Waals surface area contributed by atoms with Crippen molar-refractivity contribution < 1.29 is 0 Å². The zero-order valence-corrected chi connectivity index (χ0v) is 13.9. The normalized spacial score (nSPS) is 34.0. The summed E-state index contributed by atoms with van der Waals surface area (Å²) in [7, 11) is 0. The summed E-state index contributed by atoms with van der Waals surface area (Å²) in [5.41, 5.74) is 6.19. The zero-order valence-electron chi connectivity index (χ0n) is 13.9. The van der Waals surface area contributed by atoms with Crippen molar-refractivity contribution in [1.82, 2.24) is 16.0 Å². The van der Waals surface area contributed by atoms with Gasteiger partial charge in [-0.1, -0.05) is 0 Å². The van der Waals surface area contributed by atoms with Crippen molar-refractivity contribution in [2.45, 2.75) is 56.7 Å². The topological polar surface area (TPSA) is 48.5 Å². The zero-order chi connectivity index (χ0) is 15.9. The van der Waals surface area contributed by atoms with Gasteiger partial charge in [0.2, 0.25) is 0 Å². The van der Waals surface area contributed by atoms with Crippen LogP contribution < -0.4 is 16.0 Å². The Morgan fingerprint density at radius 2 is 1.62 bits per heavy atom. The van der Waals surface area contributed by atoms with E-state index in [2.05, 4.69) is 52.4 Å². The van der Waals surface area contributed by atoms with Crippen LogP contribution in [0.4, 0.5) is 0 Å².